The van der Waals surface area contributed by atoms with Crippen LogP contribution in [0.1, 0.15) is 25.7 Å². The van der Waals surface area contributed by atoms with Gasteiger partial charge in [0.05, 0.1) is 27.1 Å². The van der Waals surface area contributed by atoms with E-state index in [1.807, 2.05) is 0 Å². The fourth-order valence-corrected chi connectivity index (χ4v) is 5.79. The van der Waals surface area contributed by atoms with Crippen molar-refractivity contribution in [2.45, 2.75) is 25.7 Å². The number of methoxy groups -OCH3 is 2. The van der Waals surface area contributed by atoms with Crippen molar-refractivity contribution >= 4 is 11.9 Å². The van der Waals surface area contributed by atoms with Gasteiger partial charge in [0.1, 0.15) is 0 Å². The summed E-state index contributed by atoms with van der Waals surface area (Å²) < 4.78 is 9.70. The summed E-state index contributed by atoms with van der Waals surface area (Å²) in [5.41, 5.74) is 2.36. The molecule has 0 radical (unpaired) electrons. The molecule has 0 aliphatic heterocycles. The van der Waals surface area contributed by atoms with Gasteiger partial charge in [0.15, 0.2) is 0 Å². The minimum atomic E-state index is -0.197. The molecule has 118 valence electrons. The predicted molar refractivity (Wildman–Crippen MR) is 79.6 cm³/mol. The van der Waals surface area contributed by atoms with Crippen LogP contribution in [0.5, 0.6) is 0 Å². The van der Waals surface area contributed by atoms with Crippen LogP contribution in [0.4, 0.5) is 0 Å². The number of rotatable bonds is 4. The van der Waals surface area contributed by atoms with Crippen LogP contribution in [0, 0.1) is 35.5 Å². The lowest BCUT2D eigenvalue weighted by atomic mass is 9.55. The van der Waals surface area contributed by atoms with Gasteiger partial charge >= 0.3 is 11.9 Å². The highest BCUT2D eigenvalue weighted by Crippen LogP contribution is 2.70. The minimum Gasteiger partial charge on any atom is -0.469 e. The van der Waals surface area contributed by atoms with E-state index in [1.54, 1.807) is 0 Å². The Morgan fingerprint density at radius 1 is 1.00 bits per heavy atom. The maximum absolute atomic E-state index is 11.8. The summed E-state index contributed by atoms with van der Waals surface area (Å²) in [5, 5.41) is 0. The zero-order chi connectivity index (χ0) is 15.4. The van der Waals surface area contributed by atoms with Gasteiger partial charge in [-0.25, -0.2) is 0 Å². The maximum Gasteiger partial charge on any atom is 0.309 e. The summed E-state index contributed by atoms with van der Waals surface area (Å²) in [5.74, 6) is 3.42. The van der Waals surface area contributed by atoms with Crippen LogP contribution in [0.2, 0.25) is 0 Å². The van der Waals surface area contributed by atoms with Crippen LogP contribution in [0.15, 0.2) is 23.3 Å². The molecule has 0 saturated heterocycles. The fourth-order valence-electron chi connectivity index (χ4n) is 5.79. The summed E-state index contributed by atoms with van der Waals surface area (Å²) in [6.45, 7) is 0. The van der Waals surface area contributed by atoms with Gasteiger partial charge in [-0.15, -0.1) is 0 Å². The Labute approximate surface area is 130 Å². The summed E-state index contributed by atoms with van der Waals surface area (Å²) >= 11 is 0. The van der Waals surface area contributed by atoms with E-state index in [1.165, 1.54) is 38.2 Å². The molecule has 4 aliphatic carbocycles. The molecular weight excluding hydrogens is 280 g/mol. The number of carbonyl (C=O) groups excluding carboxylic acids is 2. The molecule has 6 unspecified atom stereocenters. The Bertz CT molecular complexity index is 588. The number of esters is 2. The summed E-state index contributed by atoms with van der Waals surface area (Å²) in [6, 6.07) is 0. The van der Waals surface area contributed by atoms with Crippen molar-refractivity contribution < 1.29 is 19.1 Å². The van der Waals surface area contributed by atoms with E-state index in [-0.39, 0.29) is 11.9 Å². The zero-order valence-electron chi connectivity index (χ0n) is 13.1. The number of fused-ring (bicyclic) bond motifs is 8. The van der Waals surface area contributed by atoms with E-state index in [9.17, 15) is 9.59 Å². The molecule has 4 nitrogen and oxygen atoms in total. The van der Waals surface area contributed by atoms with Gasteiger partial charge in [-0.05, 0) is 48.3 Å². The Morgan fingerprint density at radius 3 is 2.18 bits per heavy atom. The SMILES string of the molecule is COC(=O)CC1=C(CC(=O)OC)C2C3CC(C4C=CCC43)C12. The molecule has 4 heteroatoms. The highest BCUT2D eigenvalue weighted by molar-refractivity contribution is 5.77. The van der Waals surface area contributed by atoms with Crippen molar-refractivity contribution in [2.24, 2.45) is 35.5 Å². The molecule has 2 saturated carbocycles. The number of carbonyl (C=O) groups is 2. The molecule has 2 bridgehead atoms. The molecule has 0 amide bonds. The third-order valence-corrected chi connectivity index (χ3v) is 6.50. The first-order valence-corrected chi connectivity index (χ1v) is 8.17. The van der Waals surface area contributed by atoms with E-state index in [2.05, 4.69) is 12.2 Å². The standard InChI is InChI=1S/C18H22O4/c1-21-15(19)7-13-14(8-16(20)22-2)18-12-6-11(17(13)18)9-4-3-5-10(9)12/h3-4,9-12,17-18H,5-8H2,1-2H3. The normalized spacial score (nSPS) is 40.3. The molecule has 22 heavy (non-hydrogen) atoms. The van der Waals surface area contributed by atoms with Crippen molar-refractivity contribution in [3.8, 4) is 0 Å². The first-order valence-electron chi connectivity index (χ1n) is 8.17. The summed E-state index contributed by atoms with van der Waals surface area (Å²) in [7, 11) is 2.85. The third-order valence-electron chi connectivity index (χ3n) is 6.50. The number of allylic oxidation sites excluding steroid dienone is 2. The number of ether oxygens (including phenoxy) is 2. The van der Waals surface area contributed by atoms with Gasteiger partial charge < -0.3 is 9.47 Å². The lowest BCUT2D eigenvalue weighted by Crippen LogP contribution is -2.43. The zero-order valence-corrected chi connectivity index (χ0v) is 13.1. The molecule has 0 spiro atoms. The second-order valence-corrected chi connectivity index (χ2v) is 7.08. The van der Waals surface area contributed by atoms with Gasteiger partial charge in [0.25, 0.3) is 0 Å². The second-order valence-electron chi connectivity index (χ2n) is 7.08. The van der Waals surface area contributed by atoms with Crippen molar-refractivity contribution in [2.75, 3.05) is 14.2 Å². The average Bonchev–Trinajstić information content (AvgIpc) is 3.19. The van der Waals surface area contributed by atoms with E-state index < -0.39 is 0 Å². The first-order chi connectivity index (χ1) is 10.7. The van der Waals surface area contributed by atoms with Crippen LogP contribution in [0.3, 0.4) is 0 Å². The Morgan fingerprint density at radius 2 is 1.59 bits per heavy atom. The molecule has 0 aromatic carbocycles. The third kappa shape index (κ3) is 1.76. The molecule has 6 atom stereocenters. The molecule has 0 N–H and O–H groups in total. The van der Waals surface area contributed by atoms with Gasteiger partial charge in [0.2, 0.25) is 0 Å². The minimum absolute atomic E-state index is 0.195. The van der Waals surface area contributed by atoms with Crippen LogP contribution >= 0.6 is 0 Å². The quantitative estimate of drug-likeness (QED) is 0.591. The first kappa shape index (κ1) is 14.0. The lowest BCUT2D eigenvalue weighted by molar-refractivity contribution is -0.142. The molecule has 4 aliphatic rings. The monoisotopic (exact) mass is 302 g/mol. The van der Waals surface area contributed by atoms with Gasteiger partial charge in [0, 0.05) is 0 Å². The largest absolute Gasteiger partial charge is 0.469 e. The van der Waals surface area contributed by atoms with Gasteiger partial charge in [-0.2, -0.15) is 0 Å². The molecule has 0 aromatic rings. The molecule has 0 aromatic heterocycles. The Balaban J connectivity index is 1.63. The Kier molecular flexibility index (Phi) is 3.17. The molecule has 0 heterocycles. The smallest absolute Gasteiger partial charge is 0.309 e. The van der Waals surface area contributed by atoms with Crippen LogP contribution in [-0.2, 0) is 19.1 Å². The number of hydrogen-bond donors (Lipinski definition) is 0. The Hall–Kier alpha value is -1.58. The summed E-state index contributed by atoms with van der Waals surface area (Å²) in [6.07, 6.45) is 7.84. The van der Waals surface area contributed by atoms with Crippen LogP contribution < -0.4 is 0 Å². The maximum atomic E-state index is 11.8. The van der Waals surface area contributed by atoms with E-state index in [0.29, 0.717) is 42.4 Å². The van der Waals surface area contributed by atoms with Crippen molar-refractivity contribution in [3.05, 3.63) is 23.3 Å². The highest BCUT2D eigenvalue weighted by Gasteiger charge is 2.63. The van der Waals surface area contributed by atoms with E-state index in [0.717, 1.165) is 5.92 Å². The fraction of sp³-hybridized carbons (Fsp3) is 0.667. The topological polar surface area (TPSA) is 52.6 Å². The van der Waals surface area contributed by atoms with Crippen molar-refractivity contribution in [1.82, 2.24) is 0 Å². The average molecular weight is 302 g/mol. The van der Waals surface area contributed by atoms with E-state index >= 15 is 0 Å². The second kappa shape index (κ2) is 4.97. The molecule has 4 rings (SSSR count). The van der Waals surface area contributed by atoms with Crippen LogP contribution in [-0.4, -0.2) is 26.2 Å². The molecular formula is C18H22O4. The van der Waals surface area contributed by atoms with Crippen molar-refractivity contribution in [1.29, 1.82) is 0 Å². The van der Waals surface area contributed by atoms with Gasteiger partial charge in [-0.1, -0.05) is 23.3 Å². The number of hydrogen-bond acceptors (Lipinski definition) is 4. The van der Waals surface area contributed by atoms with Gasteiger partial charge in [-0.3, -0.25) is 9.59 Å². The highest BCUT2D eigenvalue weighted by atomic mass is 16.5. The molecule has 2 fully saturated rings. The van der Waals surface area contributed by atoms with Crippen molar-refractivity contribution in [3.63, 3.8) is 0 Å². The predicted octanol–water partition coefficient (Wildman–Crippen LogP) is 2.50. The summed E-state index contributed by atoms with van der Waals surface area (Å²) in [4.78, 5) is 23.5. The van der Waals surface area contributed by atoms with E-state index in [4.69, 9.17) is 9.47 Å². The van der Waals surface area contributed by atoms with Crippen LogP contribution in [0.25, 0.3) is 0 Å². The lowest BCUT2D eigenvalue weighted by Gasteiger charge is -2.48.